The molecule has 7 heteroatoms. The van der Waals surface area contributed by atoms with Crippen molar-refractivity contribution in [3.63, 3.8) is 0 Å². The van der Waals surface area contributed by atoms with Crippen molar-refractivity contribution >= 4 is 23.4 Å². The molecule has 0 bridgehead atoms. The van der Waals surface area contributed by atoms with Crippen LogP contribution in [0.5, 0.6) is 0 Å². The average Bonchev–Trinajstić information content (AvgIpc) is 2.28. The summed E-state index contributed by atoms with van der Waals surface area (Å²) in [5.74, 6) is -0.493. The number of halogens is 3. The molecule has 1 N–H and O–H groups in total. The largest absolute Gasteiger partial charge is 0.446 e. The van der Waals surface area contributed by atoms with Crippen molar-refractivity contribution in [1.82, 2.24) is 0 Å². The number of anilines is 1. The second-order valence-corrected chi connectivity index (χ2v) is 4.52. The molecule has 1 aromatic carbocycles. The van der Waals surface area contributed by atoms with Crippen molar-refractivity contribution in [2.24, 2.45) is 0 Å². The van der Waals surface area contributed by atoms with Gasteiger partial charge in [-0.25, -0.2) is 0 Å². The van der Waals surface area contributed by atoms with Crippen LogP contribution >= 0.6 is 11.8 Å². The fourth-order valence-corrected chi connectivity index (χ4v) is 1.75. The molecule has 0 saturated carbocycles. The standard InChI is InChI=1S/C11H12F3NO2S/c1-7(17-2)10(16)15-8-5-3-4-6-9(8)18-11(12,13)14/h3-7H,1-2H3,(H,15,16). The van der Waals surface area contributed by atoms with E-state index >= 15 is 0 Å². The van der Waals surface area contributed by atoms with E-state index < -0.39 is 17.5 Å². The van der Waals surface area contributed by atoms with Crippen LogP contribution in [0.4, 0.5) is 18.9 Å². The number of nitrogens with one attached hydrogen (secondary N) is 1. The molecule has 1 unspecified atom stereocenters. The average molecular weight is 279 g/mol. The van der Waals surface area contributed by atoms with Crippen LogP contribution in [-0.2, 0) is 9.53 Å². The first-order valence-corrected chi connectivity index (χ1v) is 5.83. The monoisotopic (exact) mass is 279 g/mol. The molecule has 0 aliphatic heterocycles. The van der Waals surface area contributed by atoms with Crippen LogP contribution in [0.3, 0.4) is 0 Å². The summed E-state index contributed by atoms with van der Waals surface area (Å²) in [7, 11) is 1.35. The zero-order valence-corrected chi connectivity index (χ0v) is 10.6. The van der Waals surface area contributed by atoms with Crippen molar-refractivity contribution < 1.29 is 22.7 Å². The highest BCUT2D eigenvalue weighted by Gasteiger charge is 2.30. The maximum Gasteiger partial charge on any atom is 0.446 e. The van der Waals surface area contributed by atoms with Gasteiger partial charge in [-0.2, -0.15) is 13.2 Å². The Morgan fingerprint density at radius 3 is 2.56 bits per heavy atom. The van der Waals surface area contributed by atoms with Gasteiger partial charge in [-0.1, -0.05) is 12.1 Å². The summed E-state index contributed by atoms with van der Waals surface area (Å²) in [5, 5.41) is 2.40. The zero-order chi connectivity index (χ0) is 13.8. The van der Waals surface area contributed by atoms with Crippen molar-refractivity contribution in [2.75, 3.05) is 12.4 Å². The lowest BCUT2D eigenvalue weighted by atomic mass is 10.3. The third-order valence-corrected chi connectivity index (χ3v) is 2.90. The molecule has 0 fully saturated rings. The summed E-state index contributed by atoms with van der Waals surface area (Å²) < 4.78 is 41.7. The van der Waals surface area contributed by atoms with E-state index in [-0.39, 0.29) is 22.3 Å². The summed E-state index contributed by atoms with van der Waals surface area (Å²) in [5.41, 5.74) is -4.28. The Morgan fingerprint density at radius 1 is 1.39 bits per heavy atom. The predicted octanol–water partition coefficient (Wildman–Crippen LogP) is 3.27. The third kappa shape index (κ3) is 4.58. The Bertz CT molecular complexity index is 423. The first kappa shape index (κ1) is 14.8. The SMILES string of the molecule is COC(C)C(=O)Nc1ccccc1SC(F)(F)F. The van der Waals surface area contributed by atoms with Crippen LogP contribution < -0.4 is 5.32 Å². The molecule has 18 heavy (non-hydrogen) atoms. The molecule has 0 radical (unpaired) electrons. The van der Waals surface area contributed by atoms with Crippen LogP contribution in [0.1, 0.15) is 6.92 Å². The van der Waals surface area contributed by atoms with E-state index in [1.807, 2.05) is 0 Å². The van der Waals surface area contributed by atoms with E-state index in [0.717, 1.165) is 0 Å². The highest BCUT2D eigenvalue weighted by molar-refractivity contribution is 8.00. The molecular formula is C11H12F3NO2S. The van der Waals surface area contributed by atoms with Gasteiger partial charge < -0.3 is 10.1 Å². The minimum Gasteiger partial charge on any atom is -0.372 e. The van der Waals surface area contributed by atoms with Gasteiger partial charge in [0.15, 0.2) is 0 Å². The fraction of sp³-hybridized carbons (Fsp3) is 0.364. The van der Waals surface area contributed by atoms with E-state index in [4.69, 9.17) is 4.74 Å². The lowest BCUT2D eigenvalue weighted by molar-refractivity contribution is -0.124. The Kier molecular flexibility index (Phi) is 5.03. The Hall–Kier alpha value is -1.21. The van der Waals surface area contributed by atoms with Gasteiger partial charge in [0.25, 0.3) is 5.91 Å². The topological polar surface area (TPSA) is 38.3 Å². The number of benzene rings is 1. The van der Waals surface area contributed by atoms with Gasteiger partial charge in [-0.05, 0) is 30.8 Å². The smallest absolute Gasteiger partial charge is 0.372 e. The number of thioether (sulfide) groups is 1. The predicted molar refractivity (Wildman–Crippen MR) is 63.5 cm³/mol. The van der Waals surface area contributed by atoms with E-state index in [1.54, 1.807) is 6.07 Å². The molecule has 100 valence electrons. The second-order valence-electron chi connectivity index (χ2n) is 3.41. The molecule has 0 aliphatic carbocycles. The number of carbonyl (C=O) groups excluding carboxylic acids is 1. The van der Waals surface area contributed by atoms with Crippen molar-refractivity contribution in [2.45, 2.75) is 23.4 Å². The number of carbonyl (C=O) groups is 1. The molecule has 3 nitrogen and oxygen atoms in total. The van der Waals surface area contributed by atoms with Gasteiger partial charge in [-0.15, -0.1) is 0 Å². The third-order valence-electron chi connectivity index (χ3n) is 2.09. The van der Waals surface area contributed by atoms with Gasteiger partial charge in [0, 0.05) is 12.0 Å². The van der Waals surface area contributed by atoms with Crippen LogP contribution in [0.25, 0.3) is 0 Å². The van der Waals surface area contributed by atoms with Gasteiger partial charge in [-0.3, -0.25) is 4.79 Å². The molecule has 0 aliphatic rings. The molecule has 1 amide bonds. The maximum absolute atomic E-state index is 12.3. The minimum absolute atomic E-state index is 0.0540. The molecule has 0 spiro atoms. The fourth-order valence-electron chi connectivity index (χ4n) is 1.12. The molecule has 0 saturated heterocycles. The lowest BCUT2D eigenvalue weighted by Crippen LogP contribution is -2.26. The van der Waals surface area contributed by atoms with Gasteiger partial charge in [0.1, 0.15) is 6.10 Å². The van der Waals surface area contributed by atoms with Crippen molar-refractivity contribution in [1.29, 1.82) is 0 Å². The molecule has 0 heterocycles. The Balaban J connectivity index is 2.86. The number of amides is 1. The van der Waals surface area contributed by atoms with Crippen LogP contribution in [0, 0.1) is 0 Å². The zero-order valence-electron chi connectivity index (χ0n) is 9.75. The van der Waals surface area contributed by atoms with Crippen LogP contribution in [0.15, 0.2) is 29.2 Å². The van der Waals surface area contributed by atoms with Crippen LogP contribution in [0.2, 0.25) is 0 Å². The summed E-state index contributed by atoms with van der Waals surface area (Å²) in [6, 6.07) is 5.73. The maximum atomic E-state index is 12.3. The summed E-state index contributed by atoms with van der Waals surface area (Å²) in [4.78, 5) is 11.5. The first-order valence-electron chi connectivity index (χ1n) is 5.02. The Labute approximate surface area is 107 Å². The van der Waals surface area contributed by atoms with Crippen LogP contribution in [-0.4, -0.2) is 24.6 Å². The number of hydrogen-bond acceptors (Lipinski definition) is 3. The number of hydrogen-bond donors (Lipinski definition) is 1. The molecule has 1 aromatic rings. The quantitative estimate of drug-likeness (QED) is 0.860. The summed E-state index contributed by atoms with van der Waals surface area (Å²) in [6.45, 7) is 1.51. The van der Waals surface area contributed by atoms with E-state index in [1.165, 1.54) is 32.2 Å². The van der Waals surface area contributed by atoms with E-state index in [2.05, 4.69) is 5.32 Å². The highest BCUT2D eigenvalue weighted by atomic mass is 32.2. The minimum atomic E-state index is -4.40. The normalized spacial score (nSPS) is 13.2. The lowest BCUT2D eigenvalue weighted by Gasteiger charge is -2.14. The van der Waals surface area contributed by atoms with Crippen molar-refractivity contribution in [3.05, 3.63) is 24.3 Å². The number of para-hydroxylation sites is 1. The van der Waals surface area contributed by atoms with E-state index in [9.17, 15) is 18.0 Å². The van der Waals surface area contributed by atoms with Gasteiger partial charge in [0.05, 0.1) is 5.69 Å². The number of alkyl halides is 3. The number of methoxy groups -OCH3 is 1. The van der Waals surface area contributed by atoms with Gasteiger partial charge >= 0.3 is 5.51 Å². The number of ether oxygens (including phenoxy) is 1. The van der Waals surface area contributed by atoms with Gasteiger partial charge in [0.2, 0.25) is 0 Å². The molecule has 1 atom stereocenters. The summed E-state index contributed by atoms with van der Waals surface area (Å²) in [6.07, 6.45) is -0.728. The Morgan fingerprint density at radius 2 is 2.00 bits per heavy atom. The highest BCUT2D eigenvalue weighted by Crippen LogP contribution is 2.40. The molecule has 0 aromatic heterocycles. The van der Waals surface area contributed by atoms with Crippen molar-refractivity contribution in [3.8, 4) is 0 Å². The first-order chi connectivity index (χ1) is 8.33. The second kappa shape index (κ2) is 6.10. The summed E-state index contributed by atoms with van der Waals surface area (Å²) >= 11 is -0.267. The van der Waals surface area contributed by atoms with E-state index in [0.29, 0.717) is 0 Å². The number of rotatable bonds is 4. The molecule has 1 rings (SSSR count). The molecular weight excluding hydrogens is 267 g/mol.